The van der Waals surface area contributed by atoms with Gasteiger partial charge in [0.15, 0.2) is 0 Å². The molecule has 0 atom stereocenters. The second kappa shape index (κ2) is 12.4. The van der Waals surface area contributed by atoms with Crippen molar-refractivity contribution in [3.8, 4) is 0 Å². The van der Waals surface area contributed by atoms with Gasteiger partial charge in [-0.05, 0) is 37.5 Å². The number of rotatable bonds is 9. The molecular formula is C27H33FN4O4. The first kappa shape index (κ1) is 27.0. The number of ether oxygens (including phenoxy) is 1. The SMILES string of the molecule is CC/C=C(/C=C\C(C1=CCN(Cc2cc3[nH]c(=O)c(CC)nc3cc2F)OC1)=C(/C)OC)C(=O)NC. The molecule has 0 bridgehead atoms. The van der Waals surface area contributed by atoms with Crippen LogP contribution in [0.5, 0.6) is 0 Å². The standard InChI is InChI=1S/C27H33FN4O4/c1-6-8-18(26(33)29-4)9-10-21(17(3)35-5)19-11-12-32(36-16-19)15-20-13-24-25(14-22(20)28)30-23(7-2)27(34)31-24/h8-11,13-14H,6-7,12,15-16H2,1-5H3,(H,29,33)(H,31,34)/b10-9-,18-8-,21-17-. The number of aromatic amines is 1. The summed E-state index contributed by atoms with van der Waals surface area (Å²) in [5.74, 6) is 0.110. The van der Waals surface area contributed by atoms with E-state index in [4.69, 9.17) is 9.57 Å². The second-order valence-corrected chi connectivity index (χ2v) is 8.31. The van der Waals surface area contributed by atoms with Gasteiger partial charge in [0.1, 0.15) is 11.5 Å². The smallest absolute Gasteiger partial charge is 0.270 e. The number of likely N-dealkylation sites (N-methyl/N-ethyl adjacent to an activating group) is 1. The van der Waals surface area contributed by atoms with E-state index in [0.29, 0.717) is 46.6 Å². The highest BCUT2D eigenvalue weighted by molar-refractivity contribution is 5.96. The van der Waals surface area contributed by atoms with Gasteiger partial charge in [0.25, 0.3) is 11.5 Å². The third-order valence-corrected chi connectivity index (χ3v) is 5.93. The third-order valence-electron chi connectivity index (χ3n) is 5.93. The van der Waals surface area contributed by atoms with E-state index in [1.54, 1.807) is 31.4 Å². The molecule has 0 radical (unpaired) electrons. The third kappa shape index (κ3) is 6.35. The molecule has 0 fully saturated rings. The topological polar surface area (TPSA) is 96.6 Å². The molecule has 3 rings (SSSR count). The van der Waals surface area contributed by atoms with Crippen LogP contribution in [0.25, 0.3) is 11.0 Å². The molecule has 0 unspecified atom stereocenters. The highest BCUT2D eigenvalue weighted by atomic mass is 19.1. The molecule has 0 saturated carbocycles. The minimum absolute atomic E-state index is 0.164. The van der Waals surface area contributed by atoms with Crippen LogP contribution >= 0.6 is 0 Å². The van der Waals surface area contributed by atoms with E-state index in [9.17, 15) is 14.0 Å². The number of carbonyl (C=O) groups excluding carboxylic acids is 1. The van der Waals surface area contributed by atoms with Crippen LogP contribution in [0, 0.1) is 5.82 Å². The maximum atomic E-state index is 14.8. The number of fused-ring (bicyclic) bond motifs is 1. The lowest BCUT2D eigenvalue weighted by Crippen LogP contribution is -2.29. The van der Waals surface area contributed by atoms with Gasteiger partial charge in [0, 0.05) is 36.4 Å². The second-order valence-electron chi connectivity index (χ2n) is 8.31. The molecule has 2 heterocycles. The average molecular weight is 497 g/mol. The zero-order valence-electron chi connectivity index (χ0n) is 21.4. The number of methoxy groups -OCH3 is 1. The van der Waals surface area contributed by atoms with Gasteiger partial charge in [-0.2, -0.15) is 5.06 Å². The maximum Gasteiger partial charge on any atom is 0.270 e. The first-order chi connectivity index (χ1) is 17.3. The Hall–Kier alpha value is -3.56. The molecule has 0 aliphatic carbocycles. The summed E-state index contributed by atoms with van der Waals surface area (Å²) in [6.07, 6.45) is 8.65. The van der Waals surface area contributed by atoms with Gasteiger partial charge in [-0.1, -0.05) is 32.1 Å². The Morgan fingerprint density at radius 2 is 2.11 bits per heavy atom. The molecule has 8 nitrogen and oxygen atoms in total. The van der Waals surface area contributed by atoms with Crippen molar-refractivity contribution in [1.82, 2.24) is 20.3 Å². The Morgan fingerprint density at radius 1 is 1.33 bits per heavy atom. The van der Waals surface area contributed by atoms with Crippen molar-refractivity contribution < 1.29 is 18.8 Å². The molecule has 0 saturated heterocycles. The summed E-state index contributed by atoms with van der Waals surface area (Å²) in [5, 5.41) is 4.29. The number of aromatic nitrogens is 2. The summed E-state index contributed by atoms with van der Waals surface area (Å²) >= 11 is 0. The zero-order chi connectivity index (χ0) is 26.2. The fraction of sp³-hybridized carbons (Fsp3) is 0.370. The summed E-state index contributed by atoms with van der Waals surface area (Å²) in [5.41, 5.74) is 3.68. The minimum atomic E-state index is -0.411. The van der Waals surface area contributed by atoms with Gasteiger partial charge in [0.2, 0.25) is 0 Å². The molecule has 1 aromatic heterocycles. The van der Waals surface area contributed by atoms with Crippen LogP contribution < -0.4 is 10.9 Å². The largest absolute Gasteiger partial charge is 0.501 e. The molecule has 0 spiro atoms. The van der Waals surface area contributed by atoms with Crippen LogP contribution in [0.2, 0.25) is 0 Å². The fourth-order valence-electron chi connectivity index (χ4n) is 3.86. The van der Waals surface area contributed by atoms with Crippen molar-refractivity contribution in [3.05, 3.63) is 86.3 Å². The molecule has 1 aromatic carbocycles. The van der Waals surface area contributed by atoms with Crippen LogP contribution in [0.3, 0.4) is 0 Å². The number of allylic oxidation sites excluding steroid dienone is 3. The normalized spacial score (nSPS) is 15.7. The molecule has 1 aliphatic heterocycles. The molecule has 2 N–H and O–H groups in total. The van der Waals surface area contributed by atoms with Gasteiger partial charge >= 0.3 is 0 Å². The molecule has 1 aliphatic rings. The Kier molecular flexibility index (Phi) is 9.32. The predicted molar refractivity (Wildman–Crippen MR) is 137 cm³/mol. The summed E-state index contributed by atoms with van der Waals surface area (Å²) < 4.78 is 20.3. The zero-order valence-corrected chi connectivity index (χ0v) is 21.4. The fourth-order valence-corrected chi connectivity index (χ4v) is 3.86. The van der Waals surface area contributed by atoms with Gasteiger partial charge in [0.05, 0.1) is 37.1 Å². The number of carbonyl (C=O) groups is 1. The number of benzene rings is 1. The van der Waals surface area contributed by atoms with E-state index < -0.39 is 5.82 Å². The number of hydrogen-bond acceptors (Lipinski definition) is 6. The number of hydroxylamine groups is 2. The lowest BCUT2D eigenvalue weighted by molar-refractivity contribution is -0.157. The number of nitrogens with zero attached hydrogens (tertiary/aromatic N) is 2. The number of aryl methyl sites for hydroxylation is 1. The molecule has 192 valence electrons. The Labute approximate surface area is 210 Å². The Balaban J connectivity index is 1.80. The number of amides is 1. The van der Waals surface area contributed by atoms with Gasteiger partial charge in [-0.3, -0.25) is 14.4 Å². The Bertz CT molecular complexity index is 1310. The first-order valence-electron chi connectivity index (χ1n) is 11.9. The molecule has 9 heteroatoms. The van der Waals surface area contributed by atoms with Crippen LogP contribution in [0.4, 0.5) is 4.39 Å². The number of hydrogen-bond donors (Lipinski definition) is 2. The monoisotopic (exact) mass is 496 g/mol. The van der Waals surface area contributed by atoms with E-state index in [1.165, 1.54) is 6.07 Å². The molecule has 36 heavy (non-hydrogen) atoms. The van der Waals surface area contributed by atoms with Crippen molar-refractivity contribution in [1.29, 1.82) is 0 Å². The summed E-state index contributed by atoms with van der Waals surface area (Å²) in [4.78, 5) is 37.2. The van der Waals surface area contributed by atoms with Crippen molar-refractivity contribution in [2.24, 2.45) is 0 Å². The summed E-state index contributed by atoms with van der Waals surface area (Å²) in [7, 11) is 3.18. The summed E-state index contributed by atoms with van der Waals surface area (Å²) in [6.45, 7) is 6.50. The van der Waals surface area contributed by atoms with Crippen molar-refractivity contribution in [2.45, 2.75) is 40.2 Å². The average Bonchev–Trinajstić information content (AvgIpc) is 2.88. The van der Waals surface area contributed by atoms with Crippen LogP contribution in [-0.2, 0) is 27.3 Å². The van der Waals surface area contributed by atoms with E-state index in [1.807, 2.05) is 39.0 Å². The first-order valence-corrected chi connectivity index (χ1v) is 11.9. The molecule has 1 amide bonds. The number of nitrogens with one attached hydrogen (secondary N) is 2. The van der Waals surface area contributed by atoms with Crippen molar-refractivity contribution in [2.75, 3.05) is 27.3 Å². The van der Waals surface area contributed by atoms with E-state index in [-0.39, 0.29) is 24.6 Å². The minimum Gasteiger partial charge on any atom is -0.501 e. The van der Waals surface area contributed by atoms with E-state index >= 15 is 0 Å². The van der Waals surface area contributed by atoms with Crippen LogP contribution in [-0.4, -0.2) is 48.2 Å². The van der Waals surface area contributed by atoms with Gasteiger partial charge < -0.3 is 15.0 Å². The maximum absolute atomic E-state index is 14.8. The predicted octanol–water partition coefficient (Wildman–Crippen LogP) is 3.86. The quantitative estimate of drug-likeness (QED) is 0.311. The van der Waals surface area contributed by atoms with Crippen LogP contribution in [0.15, 0.2) is 63.7 Å². The number of halogens is 1. The lowest BCUT2D eigenvalue weighted by atomic mass is 10.0. The van der Waals surface area contributed by atoms with Crippen LogP contribution in [0.1, 0.15) is 38.4 Å². The van der Waals surface area contributed by atoms with E-state index in [2.05, 4.69) is 15.3 Å². The Morgan fingerprint density at radius 3 is 2.72 bits per heavy atom. The lowest BCUT2D eigenvalue weighted by Gasteiger charge is -2.27. The highest BCUT2D eigenvalue weighted by Crippen LogP contribution is 2.24. The van der Waals surface area contributed by atoms with Gasteiger partial charge in [-0.25, -0.2) is 9.37 Å². The van der Waals surface area contributed by atoms with Gasteiger partial charge in [-0.15, -0.1) is 0 Å². The summed E-state index contributed by atoms with van der Waals surface area (Å²) in [6, 6.07) is 2.94. The van der Waals surface area contributed by atoms with Crippen molar-refractivity contribution in [3.63, 3.8) is 0 Å². The molecule has 2 aromatic rings. The van der Waals surface area contributed by atoms with E-state index in [0.717, 1.165) is 17.6 Å². The molecular weight excluding hydrogens is 463 g/mol. The highest BCUT2D eigenvalue weighted by Gasteiger charge is 2.19. The van der Waals surface area contributed by atoms with Crippen molar-refractivity contribution >= 4 is 16.9 Å². The number of H-pyrrole nitrogens is 1.